The predicted octanol–water partition coefficient (Wildman–Crippen LogP) is 7.10. The van der Waals surface area contributed by atoms with Crippen LogP contribution in [0, 0.1) is 34.8 Å². The minimum Gasteiger partial charge on any atom is -0.346 e. The molecule has 0 fully saturated rings. The number of amides is 1. The number of benzene rings is 1. The summed E-state index contributed by atoms with van der Waals surface area (Å²) >= 11 is 6.46. The Kier molecular flexibility index (Phi) is 9.68. The normalized spacial score (nSPS) is 17.6. The minimum atomic E-state index is -3.84. The lowest BCUT2D eigenvalue weighted by Gasteiger charge is -2.27. The third-order valence-electron chi connectivity index (χ3n) is 9.09. The van der Waals surface area contributed by atoms with Crippen LogP contribution in [-0.2, 0) is 33.7 Å². The molecule has 2 aliphatic rings. The van der Waals surface area contributed by atoms with E-state index in [2.05, 4.69) is 37.2 Å². The third kappa shape index (κ3) is 7.44. The smallest absolute Gasteiger partial charge is 0.296 e. The zero-order chi connectivity index (χ0) is 40.5. The largest absolute Gasteiger partial charge is 0.346 e. The number of anilines is 1. The molecular weight excluding hydrogens is 786 g/mol. The van der Waals surface area contributed by atoms with Crippen molar-refractivity contribution in [2.75, 3.05) is 11.0 Å². The summed E-state index contributed by atoms with van der Waals surface area (Å²) in [5.41, 5.74) is -1.56. The van der Waals surface area contributed by atoms with Crippen LogP contribution in [0.15, 0.2) is 54.6 Å². The maximum absolute atomic E-state index is 15.6. The van der Waals surface area contributed by atoms with Crippen molar-refractivity contribution in [1.82, 2.24) is 34.7 Å². The highest BCUT2D eigenvalue weighted by atomic mass is 35.5. The third-order valence-corrected chi connectivity index (χ3v) is 9.94. The van der Waals surface area contributed by atoms with Crippen LogP contribution in [-0.4, -0.2) is 49.9 Å². The summed E-state index contributed by atoms with van der Waals surface area (Å²) in [7, 11) is -3.84. The van der Waals surface area contributed by atoms with Crippen molar-refractivity contribution in [2.24, 2.45) is 11.3 Å². The average molecular weight is 817 g/mol. The van der Waals surface area contributed by atoms with Crippen molar-refractivity contribution in [2.45, 2.75) is 58.0 Å². The fraction of sp³-hybridized carbons (Fsp3) is 0.324. The second kappa shape index (κ2) is 14.0. The van der Waals surface area contributed by atoms with Gasteiger partial charge in [0.2, 0.25) is 21.9 Å². The maximum atomic E-state index is 15.6. The fourth-order valence-electron chi connectivity index (χ4n) is 6.81. The molecule has 0 saturated heterocycles. The maximum Gasteiger partial charge on any atom is 0.296 e. The molecule has 7 rings (SSSR count). The Hall–Kier alpha value is -5.41. The first kappa shape index (κ1) is 38.8. The van der Waals surface area contributed by atoms with Crippen LogP contribution in [0.3, 0.4) is 0 Å². The fourth-order valence-corrected chi connectivity index (χ4v) is 7.50. The van der Waals surface area contributed by atoms with Gasteiger partial charge >= 0.3 is 0 Å². The van der Waals surface area contributed by atoms with Gasteiger partial charge in [0.05, 0.1) is 23.9 Å². The molecule has 292 valence electrons. The number of allylic oxidation sites excluding steroid dienone is 2. The van der Waals surface area contributed by atoms with E-state index in [9.17, 15) is 30.8 Å². The van der Waals surface area contributed by atoms with E-state index < -0.39 is 81.1 Å². The van der Waals surface area contributed by atoms with Crippen LogP contribution < -0.4 is 10.0 Å². The number of pyridine rings is 2. The van der Waals surface area contributed by atoms with Crippen LogP contribution >= 0.6 is 11.6 Å². The quantitative estimate of drug-likeness (QED) is 0.0665. The van der Waals surface area contributed by atoms with Crippen molar-refractivity contribution < 1.29 is 39.6 Å². The molecule has 0 bridgehead atoms. The first-order valence-electron chi connectivity index (χ1n) is 17.0. The van der Waals surface area contributed by atoms with E-state index in [4.69, 9.17) is 16.6 Å². The zero-order valence-corrected chi connectivity index (χ0v) is 31.5. The van der Waals surface area contributed by atoms with Gasteiger partial charge in [-0.15, -0.1) is 10.2 Å². The number of rotatable bonds is 10. The molecule has 19 heteroatoms. The van der Waals surface area contributed by atoms with Gasteiger partial charge in [0.15, 0.2) is 5.65 Å². The molecule has 3 atom stereocenters. The second-order valence-corrected chi connectivity index (χ2v) is 16.7. The predicted molar refractivity (Wildman–Crippen MR) is 193 cm³/mol. The molecule has 4 heterocycles. The summed E-state index contributed by atoms with van der Waals surface area (Å²) < 4.78 is 117. The summed E-state index contributed by atoms with van der Waals surface area (Å²) in [5, 5.41) is 14.6. The Bertz CT molecular complexity index is 2610. The SMILES string of the molecule is CC(C)(C)C#Cc1ccc(-c2ccc(Cl)n3c(NS(C)(=O)=O)nnc23)c([C@H](Cc2cc(F)cc(F)c2)NC(=O)Cn2nc(C(F)F)c3c2C(F)(F)[C@@H]2C=C[C@H]32)n1. The number of halogens is 7. The number of hydrogen-bond donors (Lipinski definition) is 2. The first-order valence-corrected chi connectivity index (χ1v) is 19.2. The Labute approximate surface area is 321 Å². The highest BCUT2D eigenvalue weighted by Crippen LogP contribution is 2.59. The molecular formula is C37H31ClF6N8O3S. The first-order chi connectivity index (χ1) is 26.2. The van der Waals surface area contributed by atoms with E-state index in [1.165, 1.54) is 28.7 Å². The van der Waals surface area contributed by atoms with E-state index in [0.29, 0.717) is 10.7 Å². The Balaban J connectivity index is 1.37. The molecule has 2 aliphatic carbocycles. The number of nitrogens with one attached hydrogen (secondary N) is 2. The zero-order valence-electron chi connectivity index (χ0n) is 29.9. The van der Waals surface area contributed by atoms with E-state index in [-0.39, 0.29) is 56.8 Å². The summed E-state index contributed by atoms with van der Waals surface area (Å²) in [6.07, 6.45) is 0.00432. The molecule has 1 aromatic carbocycles. The van der Waals surface area contributed by atoms with E-state index in [0.717, 1.165) is 18.4 Å². The lowest BCUT2D eigenvalue weighted by molar-refractivity contribution is -0.123. The Morgan fingerprint density at radius 2 is 1.71 bits per heavy atom. The van der Waals surface area contributed by atoms with Crippen molar-refractivity contribution in [3.8, 4) is 23.0 Å². The van der Waals surface area contributed by atoms with Gasteiger partial charge in [-0.05, 0) is 75.1 Å². The van der Waals surface area contributed by atoms with Crippen LogP contribution in [0.4, 0.5) is 32.3 Å². The molecule has 0 saturated carbocycles. The topological polar surface area (TPSA) is 136 Å². The summed E-state index contributed by atoms with van der Waals surface area (Å²) in [6.45, 7) is 4.67. The van der Waals surface area contributed by atoms with E-state index >= 15 is 8.78 Å². The molecule has 0 aliphatic heterocycles. The summed E-state index contributed by atoms with van der Waals surface area (Å²) in [5.74, 6) is -2.95. The number of carbonyl (C=O) groups is 1. The molecule has 56 heavy (non-hydrogen) atoms. The Morgan fingerprint density at radius 3 is 2.34 bits per heavy atom. The van der Waals surface area contributed by atoms with Crippen molar-refractivity contribution in [3.05, 3.63) is 105 Å². The van der Waals surface area contributed by atoms with Crippen LogP contribution in [0.5, 0.6) is 0 Å². The number of fused-ring (bicyclic) bond motifs is 4. The summed E-state index contributed by atoms with van der Waals surface area (Å²) in [6, 6.07) is 7.54. The number of nitrogens with zero attached hydrogens (tertiary/aromatic N) is 6. The highest BCUT2D eigenvalue weighted by Gasteiger charge is 2.60. The van der Waals surface area contributed by atoms with Gasteiger partial charge in [-0.1, -0.05) is 29.7 Å². The molecule has 1 amide bonds. The van der Waals surface area contributed by atoms with Crippen molar-refractivity contribution in [1.29, 1.82) is 0 Å². The van der Waals surface area contributed by atoms with Gasteiger partial charge in [-0.2, -0.15) is 13.9 Å². The van der Waals surface area contributed by atoms with Gasteiger partial charge in [0, 0.05) is 34.1 Å². The molecule has 5 aromatic rings. The monoisotopic (exact) mass is 816 g/mol. The molecule has 0 spiro atoms. The van der Waals surface area contributed by atoms with Crippen LogP contribution in [0.1, 0.15) is 73.1 Å². The average Bonchev–Trinajstić information content (AvgIpc) is 3.68. The van der Waals surface area contributed by atoms with Gasteiger partial charge in [0.1, 0.15) is 40.4 Å². The molecule has 0 unspecified atom stereocenters. The number of carbonyl (C=O) groups excluding carboxylic acids is 1. The number of aromatic nitrogens is 6. The van der Waals surface area contributed by atoms with E-state index in [1.807, 2.05) is 20.8 Å². The molecule has 11 nitrogen and oxygen atoms in total. The molecule has 4 aromatic heterocycles. The van der Waals surface area contributed by atoms with Gasteiger partial charge < -0.3 is 5.32 Å². The standard InChI is InChI=1S/C37H31ClF6N8O3S/c1-36(2,3)12-11-21-5-6-22(23-8-10-27(38)52-34(23)47-48-35(52)50-56(4,54)55)30(45-21)26(15-18-13-19(39)16-20(40)14-18)46-28(53)17-51-32-29(31(49-51)33(41)42)24-7-9-25(24)37(32,43)44/h5-10,13-14,16,24-26,33H,15,17H2,1-4H3,(H,46,53)(H,48,50)/t24-,25+,26-/m0/s1. The van der Waals surface area contributed by atoms with E-state index in [1.54, 1.807) is 12.1 Å². The highest BCUT2D eigenvalue weighted by molar-refractivity contribution is 7.92. The molecule has 2 N–H and O–H groups in total. The number of hydrogen-bond acceptors (Lipinski definition) is 7. The van der Waals surface area contributed by atoms with Crippen molar-refractivity contribution >= 4 is 39.1 Å². The van der Waals surface area contributed by atoms with Gasteiger partial charge in [0.25, 0.3) is 12.3 Å². The lowest BCUT2D eigenvalue weighted by Crippen LogP contribution is -2.35. The van der Waals surface area contributed by atoms with Crippen molar-refractivity contribution in [3.63, 3.8) is 0 Å². The van der Waals surface area contributed by atoms with Crippen LogP contribution in [0.25, 0.3) is 16.8 Å². The van der Waals surface area contributed by atoms with Gasteiger partial charge in [-0.25, -0.2) is 35.4 Å². The minimum absolute atomic E-state index is 0.0116. The number of alkyl halides is 4. The number of sulfonamides is 1. The van der Waals surface area contributed by atoms with Crippen LogP contribution in [0.2, 0.25) is 5.15 Å². The summed E-state index contributed by atoms with van der Waals surface area (Å²) in [4.78, 5) is 18.7. The molecule has 0 radical (unpaired) electrons. The van der Waals surface area contributed by atoms with Gasteiger partial charge in [-0.3, -0.25) is 14.2 Å². The lowest BCUT2D eigenvalue weighted by atomic mass is 9.81. The Morgan fingerprint density at radius 1 is 1.02 bits per heavy atom. The second-order valence-electron chi connectivity index (χ2n) is 14.5.